The summed E-state index contributed by atoms with van der Waals surface area (Å²) in [6.07, 6.45) is 8.72. The van der Waals surface area contributed by atoms with Gasteiger partial charge in [0.15, 0.2) is 5.75 Å². The lowest BCUT2D eigenvalue weighted by Crippen LogP contribution is -2.11. The molecule has 4 aromatic rings. The fraction of sp³-hybridized carbons (Fsp3) is 0.455. The molecular formula is C44H53F7O4. The minimum Gasteiger partial charge on any atom is -0.493 e. The van der Waals surface area contributed by atoms with Gasteiger partial charge < -0.3 is 14.2 Å². The molecule has 0 aliphatic rings. The molecule has 0 fully saturated rings. The van der Waals surface area contributed by atoms with Gasteiger partial charge in [0.1, 0.15) is 41.1 Å². The van der Waals surface area contributed by atoms with Crippen molar-refractivity contribution in [1.82, 2.24) is 0 Å². The molecule has 0 aliphatic heterocycles. The van der Waals surface area contributed by atoms with Crippen molar-refractivity contribution in [2.75, 3.05) is 19.8 Å². The third-order valence-electron chi connectivity index (χ3n) is 8.82. The van der Waals surface area contributed by atoms with Crippen LogP contribution in [0, 0.1) is 11.6 Å². The molecule has 0 heterocycles. The van der Waals surface area contributed by atoms with Crippen LogP contribution in [0.2, 0.25) is 0 Å². The summed E-state index contributed by atoms with van der Waals surface area (Å²) in [6.45, 7) is 8.26. The van der Waals surface area contributed by atoms with Gasteiger partial charge in [-0.05, 0) is 41.5 Å². The van der Waals surface area contributed by atoms with Gasteiger partial charge in [-0.25, -0.2) is 13.2 Å². The summed E-state index contributed by atoms with van der Waals surface area (Å²) < 4.78 is 104. The Morgan fingerprint density at radius 2 is 0.927 bits per heavy atom. The summed E-state index contributed by atoms with van der Waals surface area (Å²) >= 11 is 0. The predicted molar refractivity (Wildman–Crippen MR) is 204 cm³/mol. The molecule has 0 spiro atoms. The normalized spacial score (nSPS) is 11.2. The van der Waals surface area contributed by atoms with E-state index in [1.807, 2.05) is 36.4 Å². The highest BCUT2D eigenvalue weighted by molar-refractivity contribution is 5.80. The largest absolute Gasteiger partial charge is 0.493 e. The third-order valence-corrected chi connectivity index (χ3v) is 8.82. The van der Waals surface area contributed by atoms with Gasteiger partial charge in [-0.1, -0.05) is 127 Å². The molecule has 4 nitrogen and oxygen atoms in total. The maximum Gasteiger partial charge on any atom is 0.422 e. The summed E-state index contributed by atoms with van der Waals surface area (Å²) in [5, 5.41) is 0. The summed E-state index contributed by atoms with van der Waals surface area (Å²) in [4.78, 5) is 2.90. The standard InChI is InChI=1S/C37H51FO3.C7H2F6O/c1-4-7-10-13-24-39-34-27-35(40-25-14-11-8-5-2)37(36(28-34)41-26-15-12-9-6-3)33-22-20-32(21-23-33)31-18-16-30(29-38)17-19-31;8-4-1-3(14-13)2-5(9)6(4)7(10,11)12/h16-23,27-28H,4-15,24-26,29H2,1-3H3;1-2H. The van der Waals surface area contributed by atoms with E-state index in [2.05, 4.69) is 50.0 Å². The fourth-order valence-corrected chi connectivity index (χ4v) is 5.78. The summed E-state index contributed by atoms with van der Waals surface area (Å²) in [7, 11) is 0. The number of rotatable bonds is 22. The van der Waals surface area contributed by atoms with Crippen LogP contribution in [0.15, 0.2) is 72.8 Å². The second-order valence-electron chi connectivity index (χ2n) is 13.3. The second kappa shape index (κ2) is 24.2. The van der Waals surface area contributed by atoms with Crippen LogP contribution in [0.3, 0.4) is 0 Å². The van der Waals surface area contributed by atoms with Gasteiger partial charge in [0.2, 0.25) is 0 Å². The number of hydrogen-bond donors (Lipinski definition) is 0. The van der Waals surface area contributed by atoms with Crippen LogP contribution in [0.4, 0.5) is 30.9 Å². The first-order valence-electron chi connectivity index (χ1n) is 19.2. The number of unbranched alkanes of at least 4 members (excludes halogenated alkanes) is 9. The summed E-state index contributed by atoms with van der Waals surface area (Å²) in [5.41, 5.74) is 2.82. The molecule has 0 N–H and O–H groups in total. The molecule has 0 saturated carbocycles. The van der Waals surface area contributed by atoms with Crippen molar-refractivity contribution in [3.05, 3.63) is 95.6 Å². The van der Waals surface area contributed by atoms with Crippen LogP contribution in [-0.4, -0.2) is 19.8 Å². The van der Waals surface area contributed by atoms with Crippen LogP contribution in [0.5, 0.6) is 23.0 Å². The Hall–Kier alpha value is -4.41. The van der Waals surface area contributed by atoms with Crippen molar-refractivity contribution in [2.45, 2.75) is 111 Å². The lowest BCUT2D eigenvalue weighted by molar-refractivity contribution is -0.142. The zero-order chi connectivity index (χ0) is 40.1. The van der Waals surface area contributed by atoms with Crippen molar-refractivity contribution >= 4 is 0 Å². The van der Waals surface area contributed by atoms with Gasteiger partial charge in [-0.15, -0.1) is 0 Å². The molecule has 0 aromatic heterocycles. The number of hydrogen-bond acceptors (Lipinski definition) is 4. The molecule has 55 heavy (non-hydrogen) atoms. The van der Waals surface area contributed by atoms with Crippen molar-refractivity contribution in [3.63, 3.8) is 0 Å². The molecular weight excluding hydrogens is 725 g/mol. The molecule has 0 amide bonds. The Morgan fingerprint density at radius 1 is 0.509 bits per heavy atom. The Balaban J connectivity index is 0.000000486. The lowest BCUT2D eigenvalue weighted by Gasteiger charge is -2.19. The van der Waals surface area contributed by atoms with E-state index in [4.69, 9.17) is 14.2 Å². The van der Waals surface area contributed by atoms with Crippen molar-refractivity contribution in [1.29, 1.82) is 0 Å². The Bertz CT molecular complexity index is 1620. The number of benzene rings is 4. The zero-order valence-corrected chi connectivity index (χ0v) is 32.0. The molecule has 4 aromatic carbocycles. The summed E-state index contributed by atoms with van der Waals surface area (Å²) in [6, 6.07) is 20.4. The molecule has 4 rings (SSSR count). The van der Waals surface area contributed by atoms with E-state index in [-0.39, 0.29) is 12.1 Å². The lowest BCUT2D eigenvalue weighted by atomic mass is 9.98. The molecule has 0 radical (unpaired) electrons. The first-order chi connectivity index (χ1) is 26.6. The van der Waals surface area contributed by atoms with Crippen LogP contribution in [0.25, 0.3) is 22.3 Å². The van der Waals surface area contributed by atoms with Gasteiger partial charge >= 0.3 is 6.18 Å². The van der Waals surface area contributed by atoms with Gasteiger partial charge in [-0.3, -0.25) is 4.94 Å². The molecule has 0 aliphatic carbocycles. The maximum atomic E-state index is 13.0. The molecule has 302 valence electrons. The van der Waals surface area contributed by atoms with Crippen LogP contribution < -0.4 is 19.2 Å². The monoisotopic (exact) mass is 778 g/mol. The molecule has 0 saturated heterocycles. The first-order valence-corrected chi connectivity index (χ1v) is 19.2. The average Bonchev–Trinajstić information content (AvgIpc) is 3.17. The minimum atomic E-state index is -5.16. The van der Waals surface area contributed by atoms with E-state index in [1.54, 1.807) is 0 Å². The highest BCUT2D eigenvalue weighted by atomic mass is 19.4. The van der Waals surface area contributed by atoms with Crippen LogP contribution in [-0.2, 0) is 12.9 Å². The van der Waals surface area contributed by atoms with Crippen LogP contribution >= 0.6 is 0 Å². The van der Waals surface area contributed by atoms with Gasteiger partial charge in [0.25, 0.3) is 0 Å². The molecule has 0 atom stereocenters. The van der Waals surface area contributed by atoms with E-state index in [9.17, 15) is 30.9 Å². The average molecular weight is 779 g/mol. The fourth-order valence-electron chi connectivity index (χ4n) is 5.78. The number of ether oxygens (including phenoxy) is 3. The SMILES string of the molecule is CCCCCCOc1cc(OCCCCCC)c(-c2ccc(-c3ccc(CF)cc3)cc2)c(OCCCCCC)c1.FOc1cc(F)c(C(F)(F)F)c(F)c1. The third kappa shape index (κ3) is 15.0. The number of alkyl halides is 4. The van der Waals surface area contributed by atoms with E-state index in [0.29, 0.717) is 25.4 Å². The van der Waals surface area contributed by atoms with E-state index >= 15 is 0 Å². The molecule has 0 bridgehead atoms. The van der Waals surface area contributed by atoms with Gasteiger partial charge in [-0.2, -0.15) is 13.2 Å². The first kappa shape index (κ1) is 45.0. The topological polar surface area (TPSA) is 36.9 Å². The second-order valence-corrected chi connectivity index (χ2v) is 13.3. The number of halogens is 7. The smallest absolute Gasteiger partial charge is 0.422 e. The van der Waals surface area contributed by atoms with Gasteiger partial charge in [0.05, 0.1) is 25.4 Å². The van der Waals surface area contributed by atoms with Crippen LogP contribution in [0.1, 0.15) is 109 Å². The van der Waals surface area contributed by atoms with Crippen molar-refractivity contribution in [3.8, 4) is 45.3 Å². The molecule has 0 unspecified atom stereocenters. The van der Waals surface area contributed by atoms with E-state index in [0.717, 1.165) is 71.6 Å². The predicted octanol–water partition coefficient (Wildman–Crippen LogP) is 14.6. The van der Waals surface area contributed by atoms with Crippen molar-refractivity contribution in [2.24, 2.45) is 0 Å². The summed E-state index contributed by atoms with van der Waals surface area (Å²) in [5.74, 6) is -2.38. The Morgan fingerprint density at radius 3 is 1.33 bits per heavy atom. The van der Waals surface area contributed by atoms with Crippen molar-refractivity contribution < 1.29 is 50.0 Å². The highest BCUT2D eigenvalue weighted by Gasteiger charge is 2.38. The quantitative estimate of drug-likeness (QED) is 0.0588. The van der Waals surface area contributed by atoms with E-state index in [1.165, 1.54) is 44.9 Å². The minimum absolute atomic E-state index is 0.103. The van der Waals surface area contributed by atoms with E-state index < -0.39 is 35.8 Å². The Labute approximate surface area is 320 Å². The molecule has 11 heteroatoms. The zero-order valence-electron chi connectivity index (χ0n) is 32.0. The Kier molecular flexibility index (Phi) is 19.8. The maximum absolute atomic E-state index is 13.0. The highest BCUT2D eigenvalue weighted by Crippen LogP contribution is 2.43. The van der Waals surface area contributed by atoms with Gasteiger partial charge in [0, 0.05) is 28.8 Å².